The van der Waals surface area contributed by atoms with Gasteiger partial charge in [-0.05, 0) is 54.7 Å². The average molecular weight is 289 g/mol. The van der Waals surface area contributed by atoms with E-state index >= 15 is 0 Å². The number of rotatable bonds is 2. The van der Waals surface area contributed by atoms with E-state index in [1.807, 2.05) is 13.0 Å². The molecule has 2 N–H and O–H groups in total. The molecule has 0 spiro atoms. The van der Waals surface area contributed by atoms with Crippen molar-refractivity contribution in [3.63, 3.8) is 0 Å². The van der Waals surface area contributed by atoms with Crippen molar-refractivity contribution in [2.75, 3.05) is 5.32 Å². The molecule has 3 rings (SSSR count). The predicted molar refractivity (Wildman–Crippen MR) is 78.6 cm³/mol. The molecule has 2 atom stereocenters. The van der Waals surface area contributed by atoms with Crippen LogP contribution in [0.5, 0.6) is 5.75 Å². The minimum Gasteiger partial charge on any atom is -0.508 e. The van der Waals surface area contributed by atoms with Gasteiger partial charge in [-0.1, -0.05) is 13.0 Å². The molecule has 2 aromatic rings. The van der Waals surface area contributed by atoms with Gasteiger partial charge in [-0.25, -0.2) is 8.78 Å². The van der Waals surface area contributed by atoms with Crippen molar-refractivity contribution in [2.45, 2.75) is 32.2 Å². The summed E-state index contributed by atoms with van der Waals surface area (Å²) in [4.78, 5) is 0. The largest absolute Gasteiger partial charge is 0.508 e. The smallest absolute Gasteiger partial charge is 0.146 e. The highest BCUT2D eigenvalue weighted by atomic mass is 19.1. The number of halogens is 2. The van der Waals surface area contributed by atoms with E-state index in [9.17, 15) is 13.9 Å². The maximum absolute atomic E-state index is 13.8. The van der Waals surface area contributed by atoms with Crippen molar-refractivity contribution in [1.82, 2.24) is 0 Å². The molecule has 2 aromatic carbocycles. The zero-order valence-corrected chi connectivity index (χ0v) is 12.0. The maximum atomic E-state index is 13.8. The van der Waals surface area contributed by atoms with Gasteiger partial charge in [-0.3, -0.25) is 0 Å². The number of hydrogen-bond acceptors (Lipinski definition) is 2. The summed E-state index contributed by atoms with van der Waals surface area (Å²) in [6.45, 7) is 4.08. The molecule has 0 saturated carbocycles. The summed E-state index contributed by atoms with van der Waals surface area (Å²) >= 11 is 0. The van der Waals surface area contributed by atoms with Crippen LogP contribution in [0.4, 0.5) is 14.5 Å². The molecule has 0 amide bonds. The Morgan fingerprint density at radius 2 is 1.90 bits per heavy atom. The number of fused-ring (bicyclic) bond motifs is 1. The number of anilines is 1. The zero-order valence-electron chi connectivity index (χ0n) is 12.0. The fraction of sp³-hybridized carbons (Fsp3) is 0.294. The number of phenols is 1. The van der Waals surface area contributed by atoms with Gasteiger partial charge in [-0.15, -0.1) is 0 Å². The normalized spacial score (nSPS) is 20.4. The molecule has 1 aliphatic carbocycles. The number of phenolic OH excluding ortho intramolecular Hbond substituents is 1. The third-order valence-electron chi connectivity index (χ3n) is 4.17. The number of nitrogens with one attached hydrogen (secondary N) is 1. The van der Waals surface area contributed by atoms with Crippen molar-refractivity contribution >= 4 is 5.69 Å². The fourth-order valence-electron chi connectivity index (χ4n) is 3.27. The first-order valence-corrected chi connectivity index (χ1v) is 7.01. The summed E-state index contributed by atoms with van der Waals surface area (Å²) in [5.74, 6) is -0.515. The van der Waals surface area contributed by atoms with Gasteiger partial charge in [0.15, 0.2) is 0 Å². The fourth-order valence-corrected chi connectivity index (χ4v) is 3.27. The highest BCUT2D eigenvalue weighted by molar-refractivity contribution is 5.56. The highest BCUT2D eigenvalue weighted by Gasteiger charge is 2.32. The molecule has 21 heavy (non-hydrogen) atoms. The number of aryl methyl sites for hydroxylation is 1. The second-order valence-electron chi connectivity index (χ2n) is 5.69. The van der Waals surface area contributed by atoms with E-state index in [1.165, 1.54) is 0 Å². The van der Waals surface area contributed by atoms with Crippen molar-refractivity contribution in [2.24, 2.45) is 0 Å². The summed E-state index contributed by atoms with van der Waals surface area (Å²) in [6.07, 6.45) is 0.740. The van der Waals surface area contributed by atoms with Crippen molar-refractivity contribution in [3.05, 3.63) is 58.7 Å². The van der Waals surface area contributed by atoms with E-state index in [2.05, 4.69) is 12.2 Å². The Kier molecular flexibility index (Phi) is 3.32. The molecular formula is C17H17F2NO. The van der Waals surface area contributed by atoms with Crippen molar-refractivity contribution in [1.29, 1.82) is 0 Å². The van der Waals surface area contributed by atoms with Crippen LogP contribution in [0.2, 0.25) is 0 Å². The Balaban J connectivity index is 2.00. The van der Waals surface area contributed by atoms with Crippen molar-refractivity contribution in [3.8, 4) is 5.75 Å². The average Bonchev–Trinajstić information content (AvgIpc) is 2.76. The lowest BCUT2D eigenvalue weighted by Gasteiger charge is -2.17. The first kappa shape index (κ1) is 13.9. The van der Waals surface area contributed by atoms with Crippen LogP contribution in [0, 0.1) is 18.6 Å². The zero-order chi connectivity index (χ0) is 15.1. The number of aromatic hydroxyl groups is 1. The summed E-state index contributed by atoms with van der Waals surface area (Å²) < 4.78 is 27.1. The summed E-state index contributed by atoms with van der Waals surface area (Å²) in [7, 11) is 0. The Hall–Kier alpha value is -2.10. The van der Waals surface area contributed by atoms with Gasteiger partial charge in [0.25, 0.3) is 0 Å². The van der Waals surface area contributed by atoms with Crippen LogP contribution in [0.25, 0.3) is 0 Å². The van der Waals surface area contributed by atoms with Gasteiger partial charge in [0.1, 0.15) is 17.4 Å². The SMILES string of the molecule is Cc1ccc(O)c2c1C(C)CC2Nc1cc(F)ccc1F. The van der Waals surface area contributed by atoms with E-state index in [0.29, 0.717) is 0 Å². The highest BCUT2D eigenvalue weighted by Crippen LogP contribution is 2.47. The third kappa shape index (κ3) is 2.35. The predicted octanol–water partition coefficient (Wildman–Crippen LogP) is 4.64. The summed E-state index contributed by atoms with van der Waals surface area (Å²) in [6, 6.07) is 6.66. The lowest BCUT2D eigenvalue weighted by atomic mass is 9.97. The van der Waals surface area contributed by atoms with E-state index < -0.39 is 11.6 Å². The molecule has 0 saturated heterocycles. The van der Waals surface area contributed by atoms with E-state index in [0.717, 1.165) is 41.3 Å². The van der Waals surface area contributed by atoms with E-state index in [4.69, 9.17) is 0 Å². The monoisotopic (exact) mass is 289 g/mol. The molecule has 1 aliphatic rings. The third-order valence-corrected chi connectivity index (χ3v) is 4.17. The van der Waals surface area contributed by atoms with E-state index in [-0.39, 0.29) is 23.4 Å². The summed E-state index contributed by atoms with van der Waals surface area (Å²) in [5.41, 5.74) is 3.13. The minimum atomic E-state index is -0.496. The van der Waals surface area contributed by atoms with E-state index in [1.54, 1.807) is 6.07 Å². The molecular weight excluding hydrogens is 272 g/mol. The second-order valence-corrected chi connectivity index (χ2v) is 5.69. The van der Waals surface area contributed by atoms with Crippen LogP contribution >= 0.6 is 0 Å². The van der Waals surface area contributed by atoms with Crippen LogP contribution in [0.1, 0.15) is 42.0 Å². The Morgan fingerprint density at radius 1 is 1.14 bits per heavy atom. The van der Waals surface area contributed by atoms with Gasteiger partial charge in [0.2, 0.25) is 0 Å². The van der Waals surface area contributed by atoms with Crippen LogP contribution in [0.15, 0.2) is 30.3 Å². The van der Waals surface area contributed by atoms with Crippen LogP contribution in [0.3, 0.4) is 0 Å². The van der Waals surface area contributed by atoms with Gasteiger partial charge >= 0.3 is 0 Å². The second kappa shape index (κ2) is 5.02. The van der Waals surface area contributed by atoms with Crippen LogP contribution in [-0.2, 0) is 0 Å². The molecule has 0 aromatic heterocycles. The molecule has 110 valence electrons. The van der Waals surface area contributed by atoms with Gasteiger partial charge in [0, 0.05) is 5.56 Å². The van der Waals surface area contributed by atoms with Gasteiger partial charge in [0.05, 0.1) is 11.7 Å². The summed E-state index contributed by atoms with van der Waals surface area (Å²) in [5, 5.41) is 13.2. The maximum Gasteiger partial charge on any atom is 0.146 e. The Morgan fingerprint density at radius 3 is 2.67 bits per heavy atom. The number of hydrogen-bond donors (Lipinski definition) is 2. The molecule has 2 nitrogen and oxygen atoms in total. The van der Waals surface area contributed by atoms with Crippen molar-refractivity contribution < 1.29 is 13.9 Å². The molecule has 0 bridgehead atoms. The molecule has 0 aliphatic heterocycles. The molecule has 0 heterocycles. The Labute approximate surface area is 122 Å². The quantitative estimate of drug-likeness (QED) is 0.844. The topological polar surface area (TPSA) is 32.3 Å². The molecule has 0 fully saturated rings. The molecule has 4 heteroatoms. The van der Waals surface area contributed by atoms with Gasteiger partial charge < -0.3 is 10.4 Å². The first-order chi connectivity index (χ1) is 9.97. The lowest BCUT2D eigenvalue weighted by Crippen LogP contribution is -2.09. The Bertz CT molecular complexity index is 699. The molecule has 2 unspecified atom stereocenters. The van der Waals surface area contributed by atoms with Crippen LogP contribution < -0.4 is 5.32 Å². The van der Waals surface area contributed by atoms with Crippen LogP contribution in [-0.4, -0.2) is 5.11 Å². The first-order valence-electron chi connectivity index (χ1n) is 7.01. The lowest BCUT2D eigenvalue weighted by molar-refractivity contribution is 0.465. The minimum absolute atomic E-state index is 0.126. The van der Waals surface area contributed by atoms with Gasteiger partial charge in [-0.2, -0.15) is 0 Å². The number of benzene rings is 2. The molecule has 0 radical (unpaired) electrons. The standard InChI is InChI=1S/C17H17F2NO/c1-9-3-6-15(21)17-14(7-10(2)16(9)17)20-13-8-11(18)4-5-12(13)19/h3-6,8,10,14,20-21H,7H2,1-2H3.